The third-order valence-corrected chi connectivity index (χ3v) is 4.27. The van der Waals surface area contributed by atoms with Crippen molar-refractivity contribution >= 4 is 0 Å². The van der Waals surface area contributed by atoms with Gasteiger partial charge >= 0.3 is 0 Å². The molecule has 92 valence electrons. The van der Waals surface area contributed by atoms with E-state index in [1.807, 2.05) is 0 Å². The van der Waals surface area contributed by atoms with Crippen LogP contribution >= 0.6 is 0 Å². The van der Waals surface area contributed by atoms with Crippen molar-refractivity contribution in [3.05, 3.63) is 68.8 Å². The Morgan fingerprint density at radius 2 is 1.22 bits per heavy atom. The Bertz CT molecular complexity index is 633. The van der Waals surface area contributed by atoms with Crippen LogP contribution in [0.4, 0.5) is 0 Å². The highest BCUT2D eigenvalue weighted by Crippen LogP contribution is 2.31. The third-order valence-electron chi connectivity index (χ3n) is 4.27. The fraction of sp³-hybridized carbons (Fsp3) is 0.333. The fourth-order valence-corrected chi connectivity index (χ4v) is 3.16. The van der Waals surface area contributed by atoms with Gasteiger partial charge in [0.15, 0.2) is 0 Å². The third kappa shape index (κ3) is 1.77. The monoisotopic (exact) mass is 236 g/mol. The van der Waals surface area contributed by atoms with E-state index in [1.54, 1.807) is 5.56 Å². The van der Waals surface area contributed by atoms with Crippen molar-refractivity contribution in [3.63, 3.8) is 0 Å². The van der Waals surface area contributed by atoms with E-state index in [9.17, 15) is 0 Å². The molecule has 0 atom stereocenters. The molecule has 0 spiro atoms. The minimum atomic E-state index is 1.11. The van der Waals surface area contributed by atoms with Crippen LogP contribution in [0.3, 0.4) is 0 Å². The predicted octanol–water partition coefficient (Wildman–Crippen LogP) is 4.42. The van der Waals surface area contributed by atoms with Gasteiger partial charge in [-0.25, -0.2) is 0 Å². The number of benzene rings is 2. The number of aryl methyl sites for hydroxylation is 4. The minimum absolute atomic E-state index is 1.11. The first-order chi connectivity index (χ1) is 8.54. The number of rotatable bonds is 0. The summed E-state index contributed by atoms with van der Waals surface area (Å²) < 4.78 is 0. The Kier molecular flexibility index (Phi) is 2.55. The first-order valence-corrected chi connectivity index (χ1v) is 6.72. The van der Waals surface area contributed by atoms with E-state index in [-0.39, 0.29) is 0 Å². The standard InChI is InChI=1S/C18H20/c1-11-5-14(4)18-10-16-8-13(3)12(2)7-15(16)9-17(18)6-11/h5-8H,9-10H2,1-4H3. The summed E-state index contributed by atoms with van der Waals surface area (Å²) in [5, 5.41) is 0. The van der Waals surface area contributed by atoms with Gasteiger partial charge in [0.05, 0.1) is 0 Å². The van der Waals surface area contributed by atoms with E-state index in [2.05, 4.69) is 52.0 Å². The molecule has 0 aliphatic heterocycles. The molecule has 0 nitrogen and oxygen atoms in total. The summed E-state index contributed by atoms with van der Waals surface area (Å²) in [7, 11) is 0. The minimum Gasteiger partial charge on any atom is -0.0561 e. The molecule has 18 heavy (non-hydrogen) atoms. The van der Waals surface area contributed by atoms with Crippen molar-refractivity contribution in [3.8, 4) is 0 Å². The Balaban J connectivity index is 2.15. The number of hydrogen-bond acceptors (Lipinski definition) is 0. The summed E-state index contributed by atoms with van der Waals surface area (Å²) in [6, 6.07) is 9.43. The van der Waals surface area contributed by atoms with Crippen LogP contribution in [-0.4, -0.2) is 0 Å². The molecule has 2 aromatic rings. The Labute approximate surface area is 110 Å². The van der Waals surface area contributed by atoms with Crippen LogP contribution in [0.25, 0.3) is 0 Å². The summed E-state index contributed by atoms with van der Waals surface area (Å²) in [4.78, 5) is 0. The van der Waals surface area contributed by atoms with Crippen LogP contribution in [0.1, 0.15) is 44.5 Å². The average Bonchev–Trinajstić information content (AvgIpc) is 2.29. The molecule has 0 bridgehead atoms. The van der Waals surface area contributed by atoms with Crippen LogP contribution in [0.5, 0.6) is 0 Å². The molecule has 0 heteroatoms. The van der Waals surface area contributed by atoms with Crippen molar-refractivity contribution in [2.45, 2.75) is 40.5 Å². The van der Waals surface area contributed by atoms with Crippen LogP contribution in [-0.2, 0) is 12.8 Å². The lowest BCUT2D eigenvalue weighted by atomic mass is 9.81. The molecule has 3 rings (SSSR count). The van der Waals surface area contributed by atoms with Gasteiger partial charge < -0.3 is 0 Å². The van der Waals surface area contributed by atoms with Gasteiger partial charge in [-0.3, -0.25) is 0 Å². The lowest BCUT2D eigenvalue weighted by Gasteiger charge is -2.23. The topological polar surface area (TPSA) is 0 Å². The maximum absolute atomic E-state index is 2.38. The van der Waals surface area contributed by atoms with Crippen molar-refractivity contribution in [1.29, 1.82) is 0 Å². The maximum Gasteiger partial charge on any atom is -0.00173 e. The zero-order valence-electron chi connectivity index (χ0n) is 11.7. The summed E-state index contributed by atoms with van der Waals surface area (Å²) in [6.45, 7) is 8.88. The van der Waals surface area contributed by atoms with Crippen molar-refractivity contribution in [1.82, 2.24) is 0 Å². The smallest absolute Gasteiger partial charge is 0.00173 e. The van der Waals surface area contributed by atoms with Crippen molar-refractivity contribution in [2.24, 2.45) is 0 Å². The predicted molar refractivity (Wildman–Crippen MR) is 77.4 cm³/mol. The highest BCUT2D eigenvalue weighted by Gasteiger charge is 2.17. The van der Waals surface area contributed by atoms with Gasteiger partial charge in [-0.2, -0.15) is 0 Å². The molecule has 0 saturated carbocycles. The SMILES string of the molecule is Cc1cc(C)c2c(c1)Cc1cc(C)c(C)cc1C2. The first kappa shape index (κ1) is 11.5. The van der Waals surface area contributed by atoms with Gasteiger partial charge in [0, 0.05) is 0 Å². The summed E-state index contributed by atoms with van der Waals surface area (Å²) in [6.07, 6.45) is 2.21. The molecule has 1 aliphatic carbocycles. The molecule has 1 aliphatic rings. The second kappa shape index (κ2) is 3.98. The van der Waals surface area contributed by atoms with Crippen LogP contribution in [0.2, 0.25) is 0 Å². The van der Waals surface area contributed by atoms with E-state index in [0.717, 1.165) is 12.8 Å². The maximum atomic E-state index is 2.38. The molecule has 0 N–H and O–H groups in total. The van der Waals surface area contributed by atoms with Gasteiger partial charge in [-0.1, -0.05) is 29.8 Å². The molecule has 0 saturated heterocycles. The highest BCUT2D eigenvalue weighted by atomic mass is 14.2. The Morgan fingerprint density at radius 1 is 0.611 bits per heavy atom. The van der Waals surface area contributed by atoms with E-state index >= 15 is 0 Å². The quantitative estimate of drug-likeness (QED) is 0.542. The molecule has 0 heterocycles. The second-order valence-corrected chi connectivity index (χ2v) is 5.78. The zero-order valence-corrected chi connectivity index (χ0v) is 11.7. The van der Waals surface area contributed by atoms with Gasteiger partial charge in [0.25, 0.3) is 0 Å². The Morgan fingerprint density at radius 3 is 1.89 bits per heavy atom. The number of fused-ring (bicyclic) bond motifs is 2. The lowest BCUT2D eigenvalue weighted by Crippen LogP contribution is -2.10. The average molecular weight is 236 g/mol. The van der Waals surface area contributed by atoms with Gasteiger partial charge in [0.1, 0.15) is 0 Å². The van der Waals surface area contributed by atoms with E-state index in [4.69, 9.17) is 0 Å². The van der Waals surface area contributed by atoms with E-state index in [1.165, 1.54) is 38.9 Å². The molecular weight excluding hydrogens is 216 g/mol. The van der Waals surface area contributed by atoms with E-state index < -0.39 is 0 Å². The fourth-order valence-electron chi connectivity index (χ4n) is 3.16. The number of hydrogen-bond donors (Lipinski definition) is 0. The normalized spacial score (nSPS) is 13.1. The molecule has 0 unspecified atom stereocenters. The lowest BCUT2D eigenvalue weighted by molar-refractivity contribution is 0.973. The largest absolute Gasteiger partial charge is 0.0561 e. The van der Waals surface area contributed by atoms with Crippen LogP contribution < -0.4 is 0 Å². The molecule has 0 amide bonds. The zero-order chi connectivity index (χ0) is 12.9. The van der Waals surface area contributed by atoms with E-state index in [0.29, 0.717) is 0 Å². The molecule has 0 fully saturated rings. The van der Waals surface area contributed by atoms with Crippen LogP contribution in [0, 0.1) is 27.7 Å². The van der Waals surface area contributed by atoms with Crippen molar-refractivity contribution in [2.75, 3.05) is 0 Å². The molecular formula is C18H20. The molecule has 2 aromatic carbocycles. The van der Waals surface area contributed by atoms with Gasteiger partial charge in [0.2, 0.25) is 0 Å². The van der Waals surface area contributed by atoms with Gasteiger partial charge in [-0.05, 0) is 79.5 Å². The Hall–Kier alpha value is -1.56. The first-order valence-electron chi connectivity index (χ1n) is 6.72. The molecule has 0 aromatic heterocycles. The summed E-state index contributed by atoms with van der Waals surface area (Å²) >= 11 is 0. The summed E-state index contributed by atoms with van der Waals surface area (Å²) in [5.41, 5.74) is 11.8. The second-order valence-electron chi connectivity index (χ2n) is 5.78. The van der Waals surface area contributed by atoms with Crippen molar-refractivity contribution < 1.29 is 0 Å². The summed E-state index contributed by atoms with van der Waals surface area (Å²) in [5.74, 6) is 0. The highest BCUT2D eigenvalue weighted by molar-refractivity contribution is 5.51. The molecule has 0 radical (unpaired) electrons. The van der Waals surface area contributed by atoms with Gasteiger partial charge in [-0.15, -0.1) is 0 Å². The van der Waals surface area contributed by atoms with Crippen LogP contribution in [0.15, 0.2) is 24.3 Å².